The molecule has 1 heterocycles. The number of hydrogen-bond acceptors (Lipinski definition) is 4. The van der Waals surface area contributed by atoms with Gasteiger partial charge in [0.1, 0.15) is 5.88 Å². The molecule has 1 aliphatic heterocycles. The largest absolute Gasteiger partial charge is 0.335 e. The van der Waals surface area contributed by atoms with Crippen molar-refractivity contribution in [2.75, 3.05) is 19.0 Å². The molecule has 1 atom stereocenters. The number of rotatable bonds is 9. The minimum Gasteiger partial charge on any atom is -0.315 e. The standard InChI is InChI=1S/C22H27N3O3S/c26-22-24(14-4-7-17-5-2-1-3-6-17)21(15-25(22)23-16-29(27)28)20-12-10-19(11-13-20)18-8-9-18/h1-3,5-6,10-13,18,21,23,29H,4,7-9,14-16H2/t21-/m0/s1. The van der Waals surface area contributed by atoms with Crippen LogP contribution in [-0.2, 0) is 17.1 Å². The molecule has 0 bridgehead atoms. The molecule has 1 aliphatic carbocycles. The smallest absolute Gasteiger partial charge is 0.315 e. The molecule has 6 nitrogen and oxygen atoms in total. The van der Waals surface area contributed by atoms with Gasteiger partial charge >= 0.3 is 6.03 Å². The molecule has 1 saturated carbocycles. The normalized spacial score (nSPS) is 19.3. The first kappa shape index (κ1) is 19.9. The number of urea groups is 1. The molecule has 2 aromatic rings. The van der Waals surface area contributed by atoms with Crippen LogP contribution in [0.1, 0.15) is 47.9 Å². The molecule has 2 fully saturated rings. The molecule has 0 spiro atoms. The van der Waals surface area contributed by atoms with Crippen LogP contribution >= 0.6 is 0 Å². The van der Waals surface area contributed by atoms with Crippen molar-refractivity contribution in [3.63, 3.8) is 0 Å². The van der Waals surface area contributed by atoms with E-state index in [1.54, 1.807) is 0 Å². The molecule has 29 heavy (non-hydrogen) atoms. The summed E-state index contributed by atoms with van der Waals surface area (Å²) >= 11 is 0. The second kappa shape index (κ2) is 8.97. The van der Waals surface area contributed by atoms with E-state index in [9.17, 15) is 13.2 Å². The van der Waals surface area contributed by atoms with Gasteiger partial charge in [-0.25, -0.2) is 18.6 Å². The predicted molar refractivity (Wildman–Crippen MR) is 113 cm³/mol. The van der Waals surface area contributed by atoms with Gasteiger partial charge in [0.05, 0.1) is 12.6 Å². The lowest BCUT2D eigenvalue weighted by Gasteiger charge is -2.23. The first-order valence-corrected chi connectivity index (χ1v) is 11.6. The highest BCUT2D eigenvalue weighted by molar-refractivity contribution is 7.72. The average Bonchev–Trinajstić information content (AvgIpc) is 3.53. The molecule has 1 N–H and O–H groups in total. The fourth-order valence-corrected chi connectivity index (χ4v) is 4.24. The van der Waals surface area contributed by atoms with Gasteiger partial charge in [-0.3, -0.25) is 5.01 Å². The molecule has 2 aliphatic rings. The summed E-state index contributed by atoms with van der Waals surface area (Å²) < 4.78 is 21.9. The summed E-state index contributed by atoms with van der Waals surface area (Å²) in [5, 5.41) is 1.44. The quantitative estimate of drug-likeness (QED) is 0.620. The number of hydrogen-bond donors (Lipinski definition) is 2. The number of hydrazine groups is 1. The molecule has 0 unspecified atom stereocenters. The van der Waals surface area contributed by atoms with Gasteiger partial charge < -0.3 is 4.90 Å². The Morgan fingerprint density at radius 1 is 0.966 bits per heavy atom. The number of thiol groups is 1. The van der Waals surface area contributed by atoms with Crippen LogP contribution in [0.4, 0.5) is 4.79 Å². The summed E-state index contributed by atoms with van der Waals surface area (Å²) in [4.78, 5) is 14.8. The zero-order valence-corrected chi connectivity index (χ0v) is 17.3. The minimum atomic E-state index is -2.59. The monoisotopic (exact) mass is 413 g/mol. The number of carbonyl (C=O) groups excluding carboxylic acids is 1. The average molecular weight is 414 g/mol. The summed E-state index contributed by atoms with van der Waals surface area (Å²) in [6.45, 7) is 1.07. The summed E-state index contributed by atoms with van der Waals surface area (Å²) in [5.74, 6) is 0.467. The molecule has 4 rings (SSSR count). The highest BCUT2D eigenvalue weighted by Gasteiger charge is 2.38. The predicted octanol–water partition coefficient (Wildman–Crippen LogP) is 3.05. The number of carbonyl (C=O) groups is 1. The van der Waals surface area contributed by atoms with Gasteiger partial charge in [0.15, 0.2) is 10.7 Å². The summed E-state index contributed by atoms with van der Waals surface area (Å²) in [7, 11) is -2.59. The lowest BCUT2D eigenvalue weighted by atomic mass is 10.0. The van der Waals surface area contributed by atoms with Crippen LogP contribution < -0.4 is 5.43 Å². The summed E-state index contributed by atoms with van der Waals surface area (Å²) in [5.41, 5.74) is 6.47. The van der Waals surface area contributed by atoms with E-state index in [-0.39, 0.29) is 17.9 Å². The van der Waals surface area contributed by atoms with Crippen molar-refractivity contribution in [2.24, 2.45) is 0 Å². The molecular weight excluding hydrogens is 386 g/mol. The van der Waals surface area contributed by atoms with Crippen molar-refractivity contribution in [1.29, 1.82) is 0 Å². The van der Waals surface area contributed by atoms with Crippen LogP contribution in [0.5, 0.6) is 0 Å². The topological polar surface area (TPSA) is 69.7 Å². The number of amides is 2. The highest BCUT2D eigenvalue weighted by Crippen LogP contribution is 2.40. The second-order valence-corrected chi connectivity index (χ2v) is 8.76. The zero-order valence-electron chi connectivity index (χ0n) is 16.4. The molecule has 0 aromatic heterocycles. The number of benzene rings is 2. The van der Waals surface area contributed by atoms with Crippen LogP contribution in [0.25, 0.3) is 0 Å². The Hall–Kier alpha value is -2.38. The lowest BCUT2D eigenvalue weighted by molar-refractivity contribution is 0.175. The van der Waals surface area contributed by atoms with Crippen molar-refractivity contribution in [1.82, 2.24) is 15.3 Å². The van der Waals surface area contributed by atoms with Crippen molar-refractivity contribution in [3.05, 3.63) is 71.3 Å². The highest BCUT2D eigenvalue weighted by atomic mass is 32.2. The number of nitrogens with one attached hydrogen (secondary N) is 1. The Morgan fingerprint density at radius 3 is 2.31 bits per heavy atom. The Kier molecular flexibility index (Phi) is 6.16. The van der Waals surface area contributed by atoms with Gasteiger partial charge in [-0.05, 0) is 48.3 Å². The molecule has 7 heteroatoms. The van der Waals surface area contributed by atoms with Crippen molar-refractivity contribution < 1.29 is 13.2 Å². The Morgan fingerprint density at radius 2 is 1.66 bits per heavy atom. The van der Waals surface area contributed by atoms with Gasteiger partial charge in [-0.2, -0.15) is 0 Å². The zero-order chi connectivity index (χ0) is 20.2. The van der Waals surface area contributed by atoms with Crippen molar-refractivity contribution in [2.45, 2.75) is 37.6 Å². The minimum absolute atomic E-state index is 0.0800. The van der Waals surface area contributed by atoms with E-state index < -0.39 is 10.7 Å². The van der Waals surface area contributed by atoms with E-state index in [2.05, 4.69) is 41.8 Å². The molecule has 0 radical (unpaired) electrons. The van der Waals surface area contributed by atoms with Crippen molar-refractivity contribution >= 4 is 16.7 Å². The van der Waals surface area contributed by atoms with Gasteiger partial charge in [0, 0.05) is 6.54 Å². The first-order chi connectivity index (χ1) is 14.1. The van der Waals surface area contributed by atoms with Gasteiger partial charge in [0.2, 0.25) is 0 Å². The Labute approximate surface area is 173 Å². The maximum absolute atomic E-state index is 12.9. The molecule has 2 amide bonds. The third-order valence-electron chi connectivity index (χ3n) is 5.68. The number of nitrogens with zero attached hydrogens (tertiary/aromatic N) is 2. The van der Waals surface area contributed by atoms with Crippen LogP contribution in [0, 0.1) is 0 Å². The Balaban J connectivity index is 1.46. The molecular formula is C22H27N3O3S. The maximum atomic E-state index is 12.9. The van der Waals surface area contributed by atoms with Gasteiger partial charge in [-0.1, -0.05) is 54.6 Å². The lowest BCUT2D eigenvalue weighted by Crippen LogP contribution is -2.42. The van der Waals surface area contributed by atoms with E-state index in [4.69, 9.17) is 0 Å². The fourth-order valence-electron chi connectivity index (χ4n) is 3.96. The maximum Gasteiger partial charge on any atom is 0.335 e. The molecule has 2 aromatic carbocycles. The van der Waals surface area contributed by atoms with E-state index >= 15 is 0 Å². The third kappa shape index (κ3) is 4.97. The van der Waals surface area contributed by atoms with Crippen LogP contribution in [0.15, 0.2) is 54.6 Å². The summed E-state index contributed by atoms with van der Waals surface area (Å²) in [6.07, 6.45) is 4.28. The van der Waals surface area contributed by atoms with Gasteiger partial charge in [-0.15, -0.1) is 0 Å². The van der Waals surface area contributed by atoms with E-state index in [1.807, 2.05) is 23.1 Å². The molecule has 154 valence electrons. The van der Waals surface area contributed by atoms with Crippen LogP contribution in [0.2, 0.25) is 0 Å². The van der Waals surface area contributed by atoms with Crippen molar-refractivity contribution in [3.8, 4) is 0 Å². The van der Waals surface area contributed by atoms with Gasteiger partial charge in [0.25, 0.3) is 0 Å². The van der Waals surface area contributed by atoms with E-state index in [0.29, 0.717) is 19.0 Å². The fraction of sp³-hybridized carbons (Fsp3) is 0.409. The van der Waals surface area contributed by atoms with E-state index in [1.165, 1.54) is 29.0 Å². The van der Waals surface area contributed by atoms with Crippen LogP contribution in [-0.4, -0.2) is 43.3 Å². The second-order valence-electron chi connectivity index (χ2n) is 7.78. The SMILES string of the molecule is O=C1N(NC[SH](=O)=O)C[C@@H](c2ccc(C3CC3)cc2)N1CCCc1ccccc1. The Bertz CT molecular complexity index is 903. The van der Waals surface area contributed by atoms with E-state index in [0.717, 1.165) is 18.4 Å². The van der Waals surface area contributed by atoms with Crippen LogP contribution in [0.3, 0.4) is 0 Å². The molecule has 1 saturated heterocycles. The number of aryl methyl sites for hydroxylation is 1. The third-order valence-corrected chi connectivity index (χ3v) is 6.08. The summed E-state index contributed by atoms with van der Waals surface area (Å²) in [6, 6.07) is 18.6. The first-order valence-electron chi connectivity index (χ1n) is 10.2.